The first-order valence-electron chi connectivity index (χ1n) is 4.53. The molecular weight excluding hydrogens is 180 g/mol. The van der Waals surface area contributed by atoms with Gasteiger partial charge in [0.1, 0.15) is 11.5 Å². The Balaban J connectivity index is 2.92. The summed E-state index contributed by atoms with van der Waals surface area (Å²) in [5.74, 6) is 1.06. The molecule has 0 heterocycles. The molecule has 14 heavy (non-hydrogen) atoms. The Labute approximate surface area is 83.6 Å². The van der Waals surface area contributed by atoms with Crippen molar-refractivity contribution in [2.75, 3.05) is 7.11 Å². The second-order valence-electron chi connectivity index (χ2n) is 2.91. The third-order valence-electron chi connectivity index (χ3n) is 1.97. The summed E-state index contributed by atoms with van der Waals surface area (Å²) >= 11 is 0. The average molecular weight is 194 g/mol. The van der Waals surface area contributed by atoms with E-state index in [0.29, 0.717) is 12.2 Å². The second kappa shape index (κ2) is 4.65. The van der Waals surface area contributed by atoms with Crippen LogP contribution in [0.3, 0.4) is 0 Å². The van der Waals surface area contributed by atoms with E-state index in [2.05, 4.69) is 0 Å². The predicted molar refractivity (Wildman–Crippen MR) is 53.7 cm³/mol. The maximum absolute atomic E-state index is 11.1. The van der Waals surface area contributed by atoms with Gasteiger partial charge in [-0.1, -0.05) is 13.0 Å². The minimum absolute atomic E-state index is 0.235. The Morgan fingerprint density at radius 3 is 2.57 bits per heavy atom. The highest BCUT2D eigenvalue weighted by Crippen LogP contribution is 2.27. The van der Waals surface area contributed by atoms with Gasteiger partial charge in [-0.05, 0) is 19.1 Å². The molecule has 1 rings (SSSR count). The minimum atomic E-state index is -0.235. The number of rotatable bonds is 3. The molecular formula is C11H14O3. The molecule has 3 nitrogen and oxygen atoms in total. The summed E-state index contributed by atoms with van der Waals surface area (Å²) in [7, 11) is 1.59. The van der Waals surface area contributed by atoms with Crippen LogP contribution in [0.15, 0.2) is 18.2 Å². The molecule has 76 valence electrons. The largest absolute Gasteiger partial charge is 0.496 e. The van der Waals surface area contributed by atoms with Crippen molar-refractivity contribution in [2.45, 2.75) is 20.3 Å². The molecule has 1 aromatic carbocycles. The van der Waals surface area contributed by atoms with E-state index in [-0.39, 0.29) is 5.97 Å². The molecule has 0 saturated heterocycles. The normalized spacial score (nSPS) is 9.64. The van der Waals surface area contributed by atoms with E-state index in [1.54, 1.807) is 26.2 Å². The van der Waals surface area contributed by atoms with E-state index in [1.165, 1.54) is 0 Å². The molecule has 0 saturated carbocycles. The van der Waals surface area contributed by atoms with Crippen molar-refractivity contribution in [3.05, 3.63) is 23.8 Å². The summed E-state index contributed by atoms with van der Waals surface area (Å²) in [6.45, 7) is 3.62. The fourth-order valence-electron chi connectivity index (χ4n) is 1.12. The van der Waals surface area contributed by atoms with Gasteiger partial charge in [0.25, 0.3) is 0 Å². The number of carbonyl (C=O) groups excluding carboxylic acids is 1. The highest BCUT2D eigenvalue weighted by atomic mass is 16.5. The molecule has 0 aromatic heterocycles. The van der Waals surface area contributed by atoms with Crippen molar-refractivity contribution >= 4 is 5.97 Å². The number of hydrogen-bond donors (Lipinski definition) is 0. The molecule has 0 fully saturated rings. The highest BCUT2D eigenvalue weighted by molar-refractivity contribution is 5.72. The van der Waals surface area contributed by atoms with Crippen molar-refractivity contribution in [2.24, 2.45) is 0 Å². The van der Waals surface area contributed by atoms with Crippen molar-refractivity contribution in [3.63, 3.8) is 0 Å². The highest BCUT2D eigenvalue weighted by Gasteiger charge is 2.07. The van der Waals surface area contributed by atoms with Crippen LogP contribution in [0.4, 0.5) is 0 Å². The van der Waals surface area contributed by atoms with Gasteiger partial charge in [-0.15, -0.1) is 0 Å². The first-order chi connectivity index (χ1) is 6.69. The number of methoxy groups -OCH3 is 1. The average Bonchev–Trinajstić information content (AvgIpc) is 2.21. The zero-order chi connectivity index (χ0) is 10.6. The Morgan fingerprint density at radius 2 is 2.00 bits per heavy atom. The van der Waals surface area contributed by atoms with Crippen LogP contribution in [-0.2, 0) is 4.79 Å². The van der Waals surface area contributed by atoms with E-state index in [1.807, 2.05) is 13.0 Å². The zero-order valence-corrected chi connectivity index (χ0v) is 8.66. The Bertz CT molecular complexity index is 331. The van der Waals surface area contributed by atoms with E-state index >= 15 is 0 Å². The fourth-order valence-corrected chi connectivity index (χ4v) is 1.12. The van der Waals surface area contributed by atoms with Gasteiger partial charge in [0, 0.05) is 12.0 Å². The third kappa shape index (κ3) is 2.25. The minimum Gasteiger partial charge on any atom is -0.496 e. The van der Waals surface area contributed by atoms with Gasteiger partial charge in [0.2, 0.25) is 0 Å². The molecule has 0 radical (unpaired) electrons. The fraction of sp³-hybridized carbons (Fsp3) is 0.364. The Morgan fingerprint density at radius 1 is 1.36 bits per heavy atom. The lowest BCUT2D eigenvalue weighted by Gasteiger charge is -2.09. The maximum atomic E-state index is 11.1. The smallest absolute Gasteiger partial charge is 0.310 e. The molecule has 0 aliphatic rings. The molecule has 0 amide bonds. The quantitative estimate of drug-likeness (QED) is 0.547. The van der Waals surface area contributed by atoms with Crippen LogP contribution < -0.4 is 9.47 Å². The summed E-state index contributed by atoms with van der Waals surface area (Å²) in [5, 5.41) is 0. The van der Waals surface area contributed by atoms with E-state index in [0.717, 1.165) is 11.3 Å². The second-order valence-corrected chi connectivity index (χ2v) is 2.91. The van der Waals surface area contributed by atoms with E-state index < -0.39 is 0 Å². The summed E-state index contributed by atoms with van der Waals surface area (Å²) in [4.78, 5) is 11.1. The topological polar surface area (TPSA) is 35.5 Å². The number of hydrogen-bond acceptors (Lipinski definition) is 3. The van der Waals surface area contributed by atoms with Gasteiger partial charge >= 0.3 is 5.97 Å². The van der Waals surface area contributed by atoms with E-state index in [4.69, 9.17) is 9.47 Å². The number of carbonyl (C=O) groups is 1. The molecule has 0 aliphatic heterocycles. The first-order valence-corrected chi connectivity index (χ1v) is 4.53. The van der Waals surface area contributed by atoms with Gasteiger partial charge in [-0.25, -0.2) is 0 Å². The lowest BCUT2D eigenvalue weighted by molar-refractivity contribution is -0.134. The van der Waals surface area contributed by atoms with Crippen LogP contribution in [0.2, 0.25) is 0 Å². The molecule has 0 aliphatic carbocycles. The Hall–Kier alpha value is -1.51. The molecule has 3 heteroatoms. The standard InChI is InChI=1S/C11H14O3/c1-4-11(12)14-10-7-5-6-9(13-3)8(10)2/h5-7H,4H2,1-3H3. The summed E-state index contributed by atoms with van der Waals surface area (Å²) in [6.07, 6.45) is 0.372. The maximum Gasteiger partial charge on any atom is 0.310 e. The SMILES string of the molecule is CCC(=O)Oc1cccc(OC)c1C. The van der Waals surface area contributed by atoms with Crippen LogP contribution >= 0.6 is 0 Å². The van der Waals surface area contributed by atoms with Crippen LogP contribution in [0.5, 0.6) is 11.5 Å². The number of ether oxygens (including phenoxy) is 2. The monoisotopic (exact) mass is 194 g/mol. The predicted octanol–water partition coefficient (Wildman–Crippen LogP) is 2.32. The zero-order valence-electron chi connectivity index (χ0n) is 8.66. The molecule has 0 N–H and O–H groups in total. The summed E-state index contributed by atoms with van der Waals surface area (Å²) in [6, 6.07) is 5.38. The van der Waals surface area contributed by atoms with Gasteiger partial charge in [-0.2, -0.15) is 0 Å². The molecule has 0 unspecified atom stereocenters. The van der Waals surface area contributed by atoms with Crippen molar-refractivity contribution < 1.29 is 14.3 Å². The van der Waals surface area contributed by atoms with Gasteiger partial charge < -0.3 is 9.47 Å². The lowest BCUT2D eigenvalue weighted by atomic mass is 10.2. The molecule has 1 aromatic rings. The molecule has 0 spiro atoms. The molecule has 0 atom stereocenters. The Kier molecular flexibility index (Phi) is 3.51. The van der Waals surface area contributed by atoms with Crippen LogP contribution in [-0.4, -0.2) is 13.1 Å². The first kappa shape index (κ1) is 10.6. The van der Waals surface area contributed by atoms with E-state index in [9.17, 15) is 4.79 Å². The van der Waals surface area contributed by atoms with Gasteiger partial charge in [0.05, 0.1) is 7.11 Å². The lowest BCUT2D eigenvalue weighted by Crippen LogP contribution is -2.06. The van der Waals surface area contributed by atoms with Crippen LogP contribution in [0.25, 0.3) is 0 Å². The van der Waals surface area contributed by atoms with Crippen molar-refractivity contribution in [3.8, 4) is 11.5 Å². The number of benzene rings is 1. The third-order valence-corrected chi connectivity index (χ3v) is 1.97. The number of esters is 1. The summed E-state index contributed by atoms with van der Waals surface area (Å²) < 4.78 is 10.2. The summed E-state index contributed by atoms with van der Waals surface area (Å²) in [5.41, 5.74) is 0.844. The molecule has 0 bridgehead atoms. The van der Waals surface area contributed by atoms with Crippen molar-refractivity contribution in [1.82, 2.24) is 0 Å². The van der Waals surface area contributed by atoms with Crippen LogP contribution in [0.1, 0.15) is 18.9 Å². The van der Waals surface area contributed by atoms with Crippen LogP contribution in [0, 0.1) is 6.92 Å². The van der Waals surface area contributed by atoms with Gasteiger partial charge in [-0.3, -0.25) is 4.79 Å². The van der Waals surface area contributed by atoms with Gasteiger partial charge in [0.15, 0.2) is 0 Å². The van der Waals surface area contributed by atoms with Crippen molar-refractivity contribution in [1.29, 1.82) is 0 Å².